The molecule has 2 N–H and O–H groups in total. The molecule has 0 fully saturated rings. The van der Waals surface area contributed by atoms with Crippen molar-refractivity contribution in [1.82, 2.24) is 5.32 Å². The maximum absolute atomic E-state index is 12.0. The molecule has 0 aliphatic carbocycles. The number of amides is 1. The van der Waals surface area contributed by atoms with Crippen LogP contribution >= 0.6 is 11.6 Å². The molecule has 23 heavy (non-hydrogen) atoms. The summed E-state index contributed by atoms with van der Waals surface area (Å²) in [5.74, 6) is -1.06. The molecule has 6 nitrogen and oxygen atoms in total. The van der Waals surface area contributed by atoms with Gasteiger partial charge < -0.3 is 19.7 Å². The summed E-state index contributed by atoms with van der Waals surface area (Å²) in [6.07, 6.45) is 1.41. The van der Waals surface area contributed by atoms with Crippen LogP contribution in [0.3, 0.4) is 0 Å². The van der Waals surface area contributed by atoms with E-state index in [2.05, 4.69) is 5.32 Å². The minimum absolute atomic E-state index is 0.156. The van der Waals surface area contributed by atoms with E-state index in [-0.39, 0.29) is 23.8 Å². The van der Waals surface area contributed by atoms with E-state index in [1.54, 1.807) is 13.0 Å². The highest BCUT2D eigenvalue weighted by atomic mass is 35.5. The molecule has 1 atom stereocenters. The smallest absolute Gasteiger partial charge is 0.534 e. The second-order valence-electron chi connectivity index (χ2n) is 5.30. The number of carbonyl (C=O) groups is 2. The fourth-order valence-corrected chi connectivity index (χ4v) is 2.71. The molecule has 0 saturated carbocycles. The van der Waals surface area contributed by atoms with Crippen molar-refractivity contribution >= 4 is 30.6 Å². The van der Waals surface area contributed by atoms with Gasteiger partial charge in [0.1, 0.15) is 11.3 Å². The average molecular weight is 340 g/mol. The van der Waals surface area contributed by atoms with Gasteiger partial charge in [-0.15, -0.1) is 0 Å². The van der Waals surface area contributed by atoms with Crippen molar-refractivity contribution in [2.24, 2.45) is 0 Å². The van der Waals surface area contributed by atoms with E-state index in [1.165, 1.54) is 6.07 Å². The van der Waals surface area contributed by atoms with Crippen molar-refractivity contribution in [3.8, 4) is 5.75 Å². The average Bonchev–Trinajstić information content (AvgIpc) is 2.48. The fourth-order valence-electron chi connectivity index (χ4n) is 2.47. The van der Waals surface area contributed by atoms with Crippen molar-refractivity contribution in [3.63, 3.8) is 0 Å². The quantitative estimate of drug-likeness (QED) is 0.631. The first-order chi connectivity index (χ1) is 11.0. The first-order valence-electron chi connectivity index (χ1n) is 7.59. The first kappa shape index (κ1) is 17.6. The van der Waals surface area contributed by atoms with E-state index in [9.17, 15) is 14.6 Å². The topological polar surface area (TPSA) is 84.9 Å². The van der Waals surface area contributed by atoms with Crippen LogP contribution in [0.15, 0.2) is 12.1 Å². The molecule has 0 radical (unpaired) electrons. The third-order valence-corrected chi connectivity index (χ3v) is 3.69. The van der Waals surface area contributed by atoms with Crippen LogP contribution < -0.4 is 9.97 Å². The Balaban J connectivity index is 2.26. The minimum atomic E-state index is -1.24. The zero-order valence-electron chi connectivity index (χ0n) is 13.1. The van der Waals surface area contributed by atoms with Crippen molar-refractivity contribution in [2.45, 2.75) is 39.1 Å². The molecule has 1 aliphatic heterocycles. The molecular formula is C15H19BClNO5. The summed E-state index contributed by atoms with van der Waals surface area (Å²) >= 11 is 6.05. The predicted octanol–water partition coefficient (Wildman–Crippen LogP) is 1.76. The molecule has 2 rings (SSSR count). The van der Waals surface area contributed by atoms with Crippen molar-refractivity contribution in [3.05, 3.63) is 28.3 Å². The maximum Gasteiger partial charge on any atom is 0.547 e. The Bertz CT molecular complexity index is 610. The molecule has 1 aromatic carbocycles. The van der Waals surface area contributed by atoms with Crippen molar-refractivity contribution in [1.29, 1.82) is 0 Å². The molecule has 1 aromatic rings. The number of hydrogen-bond acceptors (Lipinski definition) is 5. The number of carbonyl (C=O) groups excluding carboxylic acids is 2. The van der Waals surface area contributed by atoms with Gasteiger partial charge in [0.15, 0.2) is 0 Å². The zero-order chi connectivity index (χ0) is 17.0. The Morgan fingerprint density at radius 2 is 2.22 bits per heavy atom. The van der Waals surface area contributed by atoms with Crippen LogP contribution in [0.4, 0.5) is 0 Å². The van der Waals surface area contributed by atoms with E-state index in [0.717, 1.165) is 0 Å². The van der Waals surface area contributed by atoms with Crippen LogP contribution in [0.2, 0.25) is 5.02 Å². The summed E-state index contributed by atoms with van der Waals surface area (Å²) in [6, 6.07) is 3.10. The Labute approximate surface area is 140 Å². The number of hydrogen-bond donors (Lipinski definition) is 2. The Hall–Kier alpha value is -1.73. The molecule has 8 heteroatoms. The van der Waals surface area contributed by atoms with Gasteiger partial charge in [-0.05, 0) is 37.5 Å². The number of nitrogens with one attached hydrogen (secondary N) is 1. The summed E-state index contributed by atoms with van der Waals surface area (Å²) in [7, 11) is -1.24. The third kappa shape index (κ3) is 4.17. The normalized spacial score (nSPS) is 16.3. The van der Waals surface area contributed by atoms with Gasteiger partial charge in [-0.25, -0.2) is 4.79 Å². The Morgan fingerprint density at radius 3 is 2.87 bits per heavy atom. The van der Waals surface area contributed by atoms with E-state index < -0.39 is 19.0 Å². The van der Waals surface area contributed by atoms with Crippen molar-refractivity contribution < 1.29 is 24.0 Å². The molecule has 0 bridgehead atoms. The van der Waals surface area contributed by atoms with E-state index >= 15 is 0 Å². The maximum atomic E-state index is 12.0. The van der Waals surface area contributed by atoms with E-state index in [4.69, 9.17) is 21.0 Å². The highest BCUT2D eigenvalue weighted by molar-refractivity contribution is 6.47. The summed E-state index contributed by atoms with van der Waals surface area (Å²) in [6.45, 7) is 3.82. The number of fused-ring (bicyclic) bond motifs is 1. The largest absolute Gasteiger partial charge is 0.547 e. The lowest BCUT2D eigenvalue weighted by Gasteiger charge is -2.29. The van der Waals surface area contributed by atoms with Crippen LogP contribution in [0.5, 0.6) is 5.75 Å². The van der Waals surface area contributed by atoms with Crippen LogP contribution in [-0.4, -0.2) is 36.6 Å². The Kier molecular flexibility index (Phi) is 5.90. The van der Waals surface area contributed by atoms with Crippen LogP contribution in [0, 0.1) is 0 Å². The summed E-state index contributed by atoms with van der Waals surface area (Å²) in [5, 5.41) is 13.2. The van der Waals surface area contributed by atoms with Crippen LogP contribution in [0.25, 0.3) is 0 Å². The fraction of sp³-hybridized carbons (Fsp3) is 0.467. The molecule has 1 unspecified atom stereocenters. The zero-order valence-corrected chi connectivity index (χ0v) is 13.9. The molecule has 0 spiro atoms. The third-order valence-electron chi connectivity index (χ3n) is 3.47. The summed E-state index contributed by atoms with van der Waals surface area (Å²) in [4.78, 5) is 23.7. The number of halogens is 1. The molecule has 124 valence electrons. The van der Waals surface area contributed by atoms with Crippen molar-refractivity contribution in [2.75, 3.05) is 6.61 Å². The van der Waals surface area contributed by atoms with E-state index in [0.29, 0.717) is 29.8 Å². The first-order valence-corrected chi connectivity index (χ1v) is 7.97. The monoisotopic (exact) mass is 339 g/mol. The molecule has 1 amide bonds. The second-order valence-corrected chi connectivity index (χ2v) is 5.74. The van der Waals surface area contributed by atoms with Gasteiger partial charge >= 0.3 is 13.1 Å². The standard InChI is InChI=1S/C15H19BClNO5/c1-3-5-13(19)18-12-7-9-6-10(17)8-11(15(20)22-4-2)14(9)23-16(12)21/h6,8,12,21H,3-5,7H2,1-2H3,(H,18,19). The molecule has 0 aromatic heterocycles. The minimum Gasteiger partial charge on any atom is -0.534 e. The Morgan fingerprint density at radius 1 is 1.48 bits per heavy atom. The highest BCUT2D eigenvalue weighted by Gasteiger charge is 2.38. The molecular weight excluding hydrogens is 320 g/mol. The van der Waals surface area contributed by atoms with Gasteiger partial charge in [0.2, 0.25) is 5.91 Å². The van der Waals surface area contributed by atoms with Gasteiger partial charge in [-0.3, -0.25) is 4.79 Å². The molecule has 1 aliphatic rings. The van der Waals surface area contributed by atoms with Gasteiger partial charge in [-0.2, -0.15) is 0 Å². The van der Waals surface area contributed by atoms with Gasteiger partial charge in [0.25, 0.3) is 0 Å². The summed E-state index contributed by atoms with van der Waals surface area (Å²) < 4.78 is 10.4. The number of ether oxygens (including phenoxy) is 1. The number of rotatable bonds is 5. The number of esters is 1. The predicted molar refractivity (Wildman–Crippen MR) is 86.6 cm³/mol. The van der Waals surface area contributed by atoms with Crippen LogP contribution in [0.1, 0.15) is 42.6 Å². The van der Waals surface area contributed by atoms with Gasteiger partial charge in [0, 0.05) is 11.4 Å². The lowest BCUT2D eigenvalue weighted by molar-refractivity contribution is -0.121. The highest BCUT2D eigenvalue weighted by Crippen LogP contribution is 2.33. The van der Waals surface area contributed by atoms with Gasteiger partial charge in [-0.1, -0.05) is 18.5 Å². The second kappa shape index (κ2) is 7.70. The molecule has 0 saturated heterocycles. The molecule has 1 heterocycles. The van der Waals surface area contributed by atoms with Crippen LogP contribution in [-0.2, 0) is 16.0 Å². The SMILES string of the molecule is CCCC(=O)NC1Cc2cc(Cl)cc(C(=O)OCC)c2OB1O. The summed E-state index contributed by atoms with van der Waals surface area (Å²) in [5.41, 5.74) is 0.819. The lowest BCUT2D eigenvalue weighted by Crippen LogP contribution is -2.53. The lowest BCUT2D eigenvalue weighted by atomic mass is 9.72. The van der Waals surface area contributed by atoms with Gasteiger partial charge in [0.05, 0.1) is 12.5 Å². The van der Waals surface area contributed by atoms with E-state index in [1.807, 2.05) is 6.92 Å². The number of benzene rings is 1.